The van der Waals surface area contributed by atoms with Crippen molar-refractivity contribution in [3.05, 3.63) is 0 Å². The van der Waals surface area contributed by atoms with Gasteiger partial charge >= 0.3 is 0 Å². The van der Waals surface area contributed by atoms with Crippen molar-refractivity contribution in [3.63, 3.8) is 0 Å². The van der Waals surface area contributed by atoms with E-state index in [0.29, 0.717) is 18.2 Å². The van der Waals surface area contributed by atoms with E-state index in [0.717, 1.165) is 12.8 Å². The molecule has 0 heterocycles. The summed E-state index contributed by atoms with van der Waals surface area (Å²) in [5.74, 6) is 1.21. The van der Waals surface area contributed by atoms with Crippen LogP contribution in [0, 0.1) is 5.92 Å². The van der Waals surface area contributed by atoms with Gasteiger partial charge in [-0.05, 0) is 32.6 Å². The van der Waals surface area contributed by atoms with E-state index in [-0.39, 0.29) is 11.0 Å². The first-order chi connectivity index (χ1) is 6.44. The molecule has 0 aliphatic heterocycles. The molecule has 1 atom stereocenters. The third kappa shape index (κ3) is 5.20. The van der Waals surface area contributed by atoms with Crippen molar-refractivity contribution in [2.24, 2.45) is 5.92 Å². The highest BCUT2D eigenvalue weighted by molar-refractivity contribution is 7.91. The Kier molecular flexibility index (Phi) is 6.79. The van der Waals surface area contributed by atoms with Crippen LogP contribution >= 0.6 is 11.6 Å². The molecule has 0 rings (SSSR count). The lowest BCUT2D eigenvalue weighted by atomic mass is 10.0. The van der Waals surface area contributed by atoms with Gasteiger partial charge in [0, 0.05) is 5.88 Å². The Hall–Kier alpha value is 0.240. The second-order valence-corrected chi connectivity index (χ2v) is 7.00. The molecule has 0 aliphatic carbocycles. The molecule has 0 N–H and O–H groups in total. The molecular formula is C10H21ClO2S. The minimum Gasteiger partial charge on any atom is -0.229 e. The van der Waals surface area contributed by atoms with Gasteiger partial charge in [-0.1, -0.05) is 13.3 Å². The Morgan fingerprint density at radius 1 is 1.21 bits per heavy atom. The molecule has 0 radical (unpaired) electrons. The van der Waals surface area contributed by atoms with Crippen molar-refractivity contribution in [2.75, 3.05) is 11.6 Å². The summed E-state index contributed by atoms with van der Waals surface area (Å²) in [5, 5.41) is -0.264. The number of alkyl halides is 1. The molecule has 2 nitrogen and oxygen atoms in total. The van der Waals surface area contributed by atoms with E-state index in [1.165, 1.54) is 0 Å². The Bertz CT molecular complexity index is 235. The zero-order valence-corrected chi connectivity index (χ0v) is 10.9. The van der Waals surface area contributed by atoms with Crippen molar-refractivity contribution in [3.8, 4) is 0 Å². The van der Waals surface area contributed by atoms with Crippen LogP contribution in [-0.2, 0) is 9.84 Å². The molecule has 0 bridgehead atoms. The summed E-state index contributed by atoms with van der Waals surface area (Å²) in [4.78, 5) is 0. The van der Waals surface area contributed by atoms with Gasteiger partial charge in [-0.2, -0.15) is 0 Å². The summed E-state index contributed by atoms with van der Waals surface area (Å²) >= 11 is 5.76. The second-order valence-electron chi connectivity index (χ2n) is 4.01. The molecule has 0 amide bonds. The molecule has 0 saturated carbocycles. The van der Waals surface area contributed by atoms with Gasteiger partial charge < -0.3 is 0 Å². The lowest BCUT2D eigenvalue weighted by molar-refractivity contribution is 0.506. The highest BCUT2D eigenvalue weighted by atomic mass is 35.5. The van der Waals surface area contributed by atoms with Gasteiger partial charge in [-0.25, -0.2) is 8.42 Å². The van der Waals surface area contributed by atoms with Crippen molar-refractivity contribution in [2.45, 2.75) is 45.3 Å². The lowest BCUT2D eigenvalue weighted by Gasteiger charge is -2.13. The molecule has 0 saturated heterocycles. The van der Waals surface area contributed by atoms with Gasteiger partial charge in [0.25, 0.3) is 0 Å². The molecule has 0 fully saturated rings. The number of hydrogen-bond acceptors (Lipinski definition) is 2. The fourth-order valence-corrected chi connectivity index (χ4v) is 2.72. The summed E-state index contributed by atoms with van der Waals surface area (Å²) in [6, 6.07) is 0. The van der Waals surface area contributed by atoms with Gasteiger partial charge in [0.05, 0.1) is 11.0 Å². The Morgan fingerprint density at radius 2 is 1.79 bits per heavy atom. The fourth-order valence-electron chi connectivity index (χ4n) is 1.27. The first-order valence-corrected chi connectivity index (χ1v) is 7.46. The summed E-state index contributed by atoms with van der Waals surface area (Å²) in [5.41, 5.74) is 0. The van der Waals surface area contributed by atoms with Crippen LogP contribution < -0.4 is 0 Å². The zero-order chi connectivity index (χ0) is 11.2. The normalized spacial score (nSPS) is 14.6. The van der Waals surface area contributed by atoms with Crippen molar-refractivity contribution < 1.29 is 8.42 Å². The molecular weight excluding hydrogens is 220 g/mol. The number of sulfone groups is 1. The average Bonchev–Trinajstić information content (AvgIpc) is 2.12. The molecule has 86 valence electrons. The number of hydrogen-bond donors (Lipinski definition) is 0. The van der Waals surface area contributed by atoms with Gasteiger partial charge in [0.1, 0.15) is 0 Å². The van der Waals surface area contributed by atoms with Crippen LogP contribution in [0.3, 0.4) is 0 Å². The molecule has 0 aromatic carbocycles. The van der Waals surface area contributed by atoms with Crippen molar-refractivity contribution >= 4 is 21.4 Å². The minimum atomic E-state index is -2.88. The average molecular weight is 241 g/mol. The first-order valence-electron chi connectivity index (χ1n) is 5.21. The maximum atomic E-state index is 11.5. The molecule has 0 aromatic rings. The van der Waals surface area contributed by atoms with Crippen LogP contribution in [0.5, 0.6) is 0 Å². The monoisotopic (exact) mass is 240 g/mol. The highest BCUT2D eigenvalue weighted by Gasteiger charge is 2.18. The minimum absolute atomic E-state index is 0.264. The Labute approximate surface area is 93.0 Å². The van der Waals surface area contributed by atoms with E-state index < -0.39 is 9.84 Å². The van der Waals surface area contributed by atoms with Crippen LogP contribution in [0.2, 0.25) is 0 Å². The van der Waals surface area contributed by atoms with E-state index >= 15 is 0 Å². The van der Waals surface area contributed by atoms with Crippen molar-refractivity contribution in [1.29, 1.82) is 0 Å². The molecule has 0 spiro atoms. The summed E-state index contributed by atoms with van der Waals surface area (Å²) in [6.45, 7) is 5.55. The quantitative estimate of drug-likeness (QED) is 0.642. The SMILES string of the molecule is CCCC(CCl)CCS(=O)(=O)C(C)C. The van der Waals surface area contributed by atoms with Crippen LogP contribution in [0.4, 0.5) is 0 Å². The maximum Gasteiger partial charge on any atom is 0.152 e. The van der Waals surface area contributed by atoms with Crippen LogP contribution in [-0.4, -0.2) is 25.3 Å². The second kappa shape index (κ2) is 6.67. The van der Waals surface area contributed by atoms with Crippen LogP contribution in [0.15, 0.2) is 0 Å². The smallest absolute Gasteiger partial charge is 0.152 e. The molecule has 14 heavy (non-hydrogen) atoms. The predicted octanol–water partition coefficient (Wildman–Crippen LogP) is 2.85. The van der Waals surface area contributed by atoms with Gasteiger partial charge in [0.2, 0.25) is 0 Å². The third-order valence-electron chi connectivity index (χ3n) is 2.44. The van der Waals surface area contributed by atoms with Gasteiger partial charge in [-0.3, -0.25) is 0 Å². The van der Waals surface area contributed by atoms with E-state index in [1.807, 2.05) is 0 Å². The Morgan fingerprint density at radius 3 is 2.14 bits per heavy atom. The summed E-state index contributed by atoms with van der Waals surface area (Å²) < 4.78 is 23.0. The largest absolute Gasteiger partial charge is 0.229 e. The van der Waals surface area contributed by atoms with E-state index in [2.05, 4.69) is 6.92 Å². The highest BCUT2D eigenvalue weighted by Crippen LogP contribution is 2.15. The van der Waals surface area contributed by atoms with E-state index in [9.17, 15) is 8.42 Å². The predicted molar refractivity (Wildman–Crippen MR) is 62.7 cm³/mol. The topological polar surface area (TPSA) is 34.1 Å². The molecule has 0 aromatic heterocycles. The van der Waals surface area contributed by atoms with Crippen molar-refractivity contribution in [1.82, 2.24) is 0 Å². The van der Waals surface area contributed by atoms with E-state index in [4.69, 9.17) is 11.6 Å². The maximum absolute atomic E-state index is 11.5. The summed E-state index contributed by atoms with van der Waals surface area (Å²) in [7, 11) is -2.88. The van der Waals surface area contributed by atoms with Crippen LogP contribution in [0.25, 0.3) is 0 Å². The summed E-state index contributed by atoms with van der Waals surface area (Å²) in [6.07, 6.45) is 2.80. The van der Waals surface area contributed by atoms with Crippen LogP contribution in [0.1, 0.15) is 40.0 Å². The third-order valence-corrected chi connectivity index (χ3v) is 5.12. The molecule has 4 heteroatoms. The lowest BCUT2D eigenvalue weighted by Crippen LogP contribution is -2.20. The Balaban J connectivity index is 4.03. The first kappa shape index (κ1) is 14.2. The van der Waals surface area contributed by atoms with Gasteiger partial charge in [0.15, 0.2) is 9.84 Å². The fraction of sp³-hybridized carbons (Fsp3) is 1.00. The van der Waals surface area contributed by atoms with Gasteiger partial charge in [-0.15, -0.1) is 11.6 Å². The number of rotatable bonds is 7. The molecule has 0 aliphatic rings. The zero-order valence-electron chi connectivity index (χ0n) is 9.29. The number of halogens is 1. The van der Waals surface area contributed by atoms with E-state index in [1.54, 1.807) is 13.8 Å². The molecule has 1 unspecified atom stereocenters. The standard InChI is InChI=1S/C10H21ClO2S/c1-4-5-10(8-11)6-7-14(12,13)9(2)3/h9-10H,4-8H2,1-3H3.